The highest BCUT2D eigenvalue weighted by Crippen LogP contribution is 2.29. The Labute approximate surface area is 165 Å². The SMILES string of the molecule is COc1ccccc1NC(=S)Nc1cnn(Cc2cccc(C(F)(F)F)c2)c1. The molecule has 146 valence electrons. The molecule has 1 aromatic heterocycles. The van der Waals surface area contributed by atoms with Gasteiger partial charge in [-0.15, -0.1) is 0 Å². The number of para-hydroxylation sites is 2. The van der Waals surface area contributed by atoms with Crippen molar-refractivity contribution in [2.24, 2.45) is 0 Å². The molecule has 5 nitrogen and oxygen atoms in total. The quantitative estimate of drug-likeness (QED) is 0.598. The molecule has 0 aliphatic rings. The molecular formula is C19H17F3N4OS. The van der Waals surface area contributed by atoms with Crippen LogP contribution in [0.5, 0.6) is 5.75 Å². The van der Waals surface area contributed by atoms with Crippen LogP contribution in [-0.2, 0) is 12.7 Å². The zero-order valence-corrected chi connectivity index (χ0v) is 15.6. The Balaban J connectivity index is 1.63. The first-order valence-corrected chi connectivity index (χ1v) is 8.65. The van der Waals surface area contributed by atoms with Crippen molar-refractivity contribution in [2.75, 3.05) is 17.7 Å². The molecule has 0 fully saturated rings. The summed E-state index contributed by atoms with van der Waals surface area (Å²) in [5, 5.41) is 10.5. The number of ether oxygens (including phenoxy) is 1. The standard InChI is InChI=1S/C19H17F3N4OS/c1-27-17-8-3-2-7-16(17)25-18(28)24-15-10-23-26(12-15)11-13-5-4-6-14(9-13)19(20,21)22/h2-10,12H,11H2,1H3,(H2,24,25,28). The molecule has 0 bridgehead atoms. The van der Waals surface area contributed by atoms with Crippen molar-refractivity contribution in [3.05, 3.63) is 72.1 Å². The number of thiocarbonyl (C=S) groups is 1. The lowest BCUT2D eigenvalue weighted by atomic mass is 10.1. The Kier molecular flexibility index (Phi) is 5.84. The summed E-state index contributed by atoms with van der Waals surface area (Å²) in [4.78, 5) is 0. The first kappa shape index (κ1) is 19.7. The van der Waals surface area contributed by atoms with E-state index in [0.717, 1.165) is 12.1 Å². The number of nitrogens with one attached hydrogen (secondary N) is 2. The second-order valence-electron chi connectivity index (χ2n) is 5.90. The van der Waals surface area contributed by atoms with E-state index >= 15 is 0 Å². The lowest BCUT2D eigenvalue weighted by Gasteiger charge is -2.12. The Morgan fingerprint density at radius 1 is 1.14 bits per heavy atom. The van der Waals surface area contributed by atoms with Gasteiger partial charge in [-0.1, -0.05) is 24.3 Å². The van der Waals surface area contributed by atoms with Crippen LogP contribution in [0.2, 0.25) is 0 Å². The molecule has 0 amide bonds. The molecule has 1 heterocycles. The van der Waals surface area contributed by atoms with Gasteiger partial charge in [0.2, 0.25) is 0 Å². The van der Waals surface area contributed by atoms with Gasteiger partial charge >= 0.3 is 6.18 Å². The van der Waals surface area contributed by atoms with Gasteiger partial charge in [0, 0.05) is 6.20 Å². The molecule has 28 heavy (non-hydrogen) atoms. The van der Waals surface area contributed by atoms with E-state index in [-0.39, 0.29) is 6.54 Å². The number of hydrogen-bond acceptors (Lipinski definition) is 3. The van der Waals surface area contributed by atoms with Crippen LogP contribution >= 0.6 is 12.2 Å². The van der Waals surface area contributed by atoms with Crippen molar-refractivity contribution in [2.45, 2.75) is 12.7 Å². The lowest BCUT2D eigenvalue weighted by Crippen LogP contribution is -2.19. The summed E-state index contributed by atoms with van der Waals surface area (Å²) in [6, 6.07) is 12.5. The summed E-state index contributed by atoms with van der Waals surface area (Å²) in [6.45, 7) is 0.207. The predicted octanol–water partition coefficient (Wildman–Crippen LogP) is 4.77. The van der Waals surface area contributed by atoms with Crippen LogP contribution in [0.1, 0.15) is 11.1 Å². The third kappa shape index (κ3) is 5.01. The van der Waals surface area contributed by atoms with Crippen LogP contribution in [0.3, 0.4) is 0 Å². The van der Waals surface area contributed by atoms with Crippen molar-refractivity contribution in [3.8, 4) is 5.75 Å². The van der Waals surface area contributed by atoms with Gasteiger partial charge in [0.05, 0.1) is 36.8 Å². The van der Waals surface area contributed by atoms with E-state index in [1.54, 1.807) is 31.6 Å². The van der Waals surface area contributed by atoms with E-state index in [1.165, 1.54) is 10.7 Å². The van der Waals surface area contributed by atoms with E-state index in [0.29, 0.717) is 27.8 Å². The number of nitrogens with zero attached hydrogens (tertiary/aromatic N) is 2. The third-order valence-electron chi connectivity index (χ3n) is 3.85. The molecule has 2 N–H and O–H groups in total. The monoisotopic (exact) mass is 406 g/mol. The minimum Gasteiger partial charge on any atom is -0.495 e. The molecule has 0 radical (unpaired) electrons. The summed E-state index contributed by atoms with van der Waals surface area (Å²) < 4.78 is 45.3. The fraction of sp³-hybridized carbons (Fsp3) is 0.158. The molecular weight excluding hydrogens is 389 g/mol. The van der Waals surface area contributed by atoms with Gasteiger partial charge in [0.15, 0.2) is 5.11 Å². The van der Waals surface area contributed by atoms with E-state index < -0.39 is 11.7 Å². The van der Waals surface area contributed by atoms with Gasteiger partial charge < -0.3 is 15.4 Å². The average Bonchev–Trinajstić information content (AvgIpc) is 3.08. The second-order valence-corrected chi connectivity index (χ2v) is 6.31. The van der Waals surface area contributed by atoms with E-state index in [4.69, 9.17) is 17.0 Å². The van der Waals surface area contributed by atoms with E-state index in [9.17, 15) is 13.2 Å². The van der Waals surface area contributed by atoms with Crippen LogP contribution < -0.4 is 15.4 Å². The Morgan fingerprint density at radius 3 is 2.68 bits per heavy atom. The Hall–Kier alpha value is -3.07. The topological polar surface area (TPSA) is 51.1 Å². The fourth-order valence-electron chi connectivity index (χ4n) is 2.58. The molecule has 0 atom stereocenters. The highest BCUT2D eigenvalue weighted by molar-refractivity contribution is 7.80. The molecule has 0 aliphatic carbocycles. The minimum atomic E-state index is -4.37. The number of alkyl halides is 3. The maximum absolute atomic E-state index is 12.8. The van der Waals surface area contributed by atoms with E-state index in [1.807, 2.05) is 18.2 Å². The summed E-state index contributed by atoms with van der Waals surface area (Å²) in [5.41, 5.74) is 1.13. The summed E-state index contributed by atoms with van der Waals surface area (Å²) >= 11 is 5.28. The number of halogens is 3. The summed E-state index contributed by atoms with van der Waals surface area (Å²) in [6.07, 6.45) is -1.16. The molecule has 3 aromatic rings. The van der Waals surface area contributed by atoms with Gasteiger partial charge in [-0.3, -0.25) is 4.68 Å². The Morgan fingerprint density at radius 2 is 1.93 bits per heavy atom. The first-order chi connectivity index (χ1) is 13.3. The smallest absolute Gasteiger partial charge is 0.416 e. The van der Waals surface area contributed by atoms with Crippen molar-refractivity contribution in [3.63, 3.8) is 0 Å². The first-order valence-electron chi connectivity index (χ1n) is 8.25. The largest absolute Gasteiger partial charge is 0.495 e. The van der Waals surface area contributed by atoms with E-state index in [2.05, 4.69) is 15.7 Å². The van der Waals surface area contributed by atoms with Gasteiger partial charge in [-0.05, 0) is 42.0 Å². The number of aromatic nitrogens is 2. The number of rotatable bonds is 5. The number of benzene rings is 2. The predicted molar refractivity (Wildman–Crippen MR) is 106 cm³/mol. The lowest BCUT2D eigenvalue weighted by molar-refractivity contribution is -0.137. The summed E-state index contributed by atoms with van der Waals surface area (Å²) in [7, 11) is 1.56. The van der Waals surface area contributed by atoms with Gasteiger partial charge in [-0.25, -0.2) is 0 Å². The highest BCUT2D eigenvalue weighted by atomic mass is 32.1. The maximum atomic E-state index is 12.8. The van der Waals surface area contributed by atoms with Crippen molar-refractivity contribution >= 4 is 28.7 Å². The van der Waals surface area contributed by atoms with Crippen LogP contribution in [0.15, 0.2) is 60.9 Å². The third-order valence-corrected chi connectivity index (χ3v) is 4.05. The summed E-state index contributed by atoms with van der Waals surface area (Å²) in [5.74, 6) is 0.645. The van der Waals surface area contributed by atoms with Gasteiger partial charge in [0.1, 0.15) is 5.75 Å². The molecule has 0 saturated heterocycles. The van der Waals surface area contributed by atoms with Crippen LogP contribution in [0, 0.1) is 0 Å². The average molecular weight is 406 g/mol. The number of anilines is 2. The zero-order chi connectivity index (χ0) is 20.1. The molecule has 0 unspecified atom stereocenters. The van der Waals surface area contributed by atoms with Crippen LogP contribution in [0.25, 0.3) is 0 Å². The van der Waals surface area contributed by atoms with Gasteiger partial charge in [0.25, 0.3) is 0 Å². The normalized spacial score (nSPS) is 11.1. The molecule has 2 aromatic carbocycles. The minimum absolute atomic E-state index is 0.207. The van der Waals surface area contributed by atoms with Crippen molar-refractivity contribution in [1.29, 1.82) is 0 Å². The molecule has 3 rings (SSSR count). The number of hydrogen-bond donors (Lipinski definition) is 2. The van der Waals surface area contributed by atoms with Crippen molar-refractivity contribution in [1.82, 2.24) is 9.78 Å². The molecule has 0 spiro atoms. The van der Waals surface area contributed by atoms with Crippen LogP contribution in [0.4, 0.5) is 24.5 Å². The highest BCUT2D eigenvalue weighted by Gasteiger charge is 2.30. The fourth-order valence-corrected chi connectivity index (χ4v) is 2.81. The molecule has 0 saturated carbocycles. The van der Waals surface area contributed by atoms with Crippen molar-refractivity contribution < 1.29 is 17.9 Å². The number of methoxy groups -OCH3 is 1. The maximum Gasteiger partial charge on any atom is 0.416 e. The molecule has 0 aliphatic heterocycles. The Bertz CT molecular complexity index is 972. The molecule has 9 heteroatoms. The zero-order valence-electron chi connectivity index (χ0n) is 14.8. The second kappa shape index (κ2) is 8.30. The van der Waals surface area contributed by atoms with Crippen LogP contribution in [-0.4, -0.2) is 22.0 Å². The van der Waals surface area contributed by atoms with Gasteiger partial charge in [-0.2, -0.15) is 18.3 Å².